The van der Waals surface area contributed by atoms with Crippen LogP contribution in [0.25, 0.3) is 0 Å². The molecule has 8 nitrogen and oxygen atoms in total. The van der Waals surface area contributed by atoms with Crippen LogP contribution in [-0.4, -0.2) is 52.1 Å². The van der Waals surface area contributed by atoms with Gasteiger partial charge in [0, 0.05) is 17.8 Å². The van der Waals surface area contributed by atoms with Crippen LogP contribution in [-0.2, 0) is 17.6 Å². The number of likely N-dealkylation sites (tertiary alicyclic amines) is 1. The van der Waals surface area contributed by atoms with Gasteiger partial charge in [-0.25, -0.2) is 14.8 Å². The summed E-state index contributed by atoms with van der Waals surface area (Å²) in [5, 5.41) is 2.69. The lowest BCUT2D eigenvalue weighted by Gasteiger charge is -2.38. The molecular formula is C16H21N5O3. The zero-order valence-corrected chi connectivity index (χ0v) is 13.5. The Balaban J connectivity index is 1.62. The minimum absolute atomic E-state index is 0.135. The molecule has 2 fully saturated rings. The van der Waals surface area contributed by atoms with Crippen molar-refractivity contribution in [2.24, 2.45) is 0 Å². The molecule has 1 atom stereocenters. The first-order valence-electron chi connectivity index (χ1n) is 8.48. The molecule has 128 valence electrons. The number of rotatable bonds is 1. The number of aryl methyl sites for hydroxylation is 1. The molecule has 2 saturated heterocycles. The van der Waals surface area contributed by atoms with Gasteiger partial charge in [-0.1, -0.05) is 0 Å². The Morgan fingerprint density at radius 2 is 2.08 bits per heavy atom. The maximum atomic E-state index is 13.1. The minimum Gasteiger partial charge on any atom is -0.439 e. The maximum absolute atomic E-state index is 13.1. The lowest BCUT2D eigenvalue weighted by Crippen LogP contribution is -2.52. The first kappa shape index (κ1) is 15.2. The second-order valence-corrected chi connectivity index (χ2v) is 6.82. The summed E-state index contributed by atoms with van der Waals surface area (Å²) in [6.07, 6.45) is 4.90. The minimum atomic E-state index is -0.608. The van der Waals surface area contributed by atoms with Crippen molar-refractivity contribution in [3.8, 4) is 0 Å². The van der Waals surface area contributed by atoms with E-state index in [1.807, 2.05) is 0 Å². The van der Waals surface area contributed by atoms with Crippen LogP contribution < -0.4 is 11.1 Å². The summed E-state index contributed by atoms with van der Waals surface area (Å²) in [7, 11) is 0. The van der Waals surface area contributed by atoms with Crippen molar-refractivity contribution in [1.29, 1.82) is 0 Å². The van der Waals surface area contributed by atoms with E-state index in [2.05, 4.69) is 15.3 Å². The van der Waals surface area contributed by atoms with Gasteiger partial charge in [0.25, 0.3) is 5.91 Å². The smallest absolute Gasteiger partial charge is 0.407 e. The molecule has 3 heterocycles. The van der Waals surface area contributed by atoms with Gasteiger partial charge in [0.1, 0.15) is 11.3 Å². The van der Waals surface area contributed by atoms with E-state index >= 15 is 0 Å². The topological polar surface area (TPSA) is 110 Å². The molecule has 0 saturated carbocycles. The Bertz CT molecular complexity index is 707. The number of amides is 2. The Morgan fingerprint density at radius 1 is 1.25 bits per heavy atom. The summed E-state index contributed by atoms with van der Waals surface area (Å²) >= 11 is 0. The first-order chi connectivity index (χ1) is 11.6. The van der Waals surface area contributed by atoms with Gasteiger partial charge < -0.3 is 20.7 Å². The predicted octanol–water partition coefficient (Wildman–Crippen LogP) is 0.652. The first-order valence-corrected chi connectivity index (χ1v) is 8.48. The van der Waals surface area contributed by atoms with E-state index < -0.39 is 11.7 Å². The van der Waals surface area contributed by atoms with Gasteiger partial charge in [0.2, 0.25) is 5.95 Å². The summed E-state index contributed by atoms with van der Waals surface area (Å²) in [4.78, 5) is 34.8. The molecule has 24 heavy (non-hydrogen) atoms. The lowest BCUT2D eigenvalue weighted by atomic mass is 9.91. The number of nitrogens with one attached hydrogen (secondary N) is 1. The van der Waals surface area contributed by atoms with E-state index in [1.165, 1.54) is 0 Å². The second-order valence-electron chi connectivity index (χ2n) is 6.82. The monoisotopic (exact) mass is 331 g/mol. The van der Waals surface area contributed by atoms with E-state index in [4.69, 9.17) is 10.5 Å². The van der Waals surface area contributed by atoms with Crippen LogP contribution in [0, 0.1) is 0 Å². The van der Waals surface area contributed by atoms with E-state index in [9.17, 15) is 9.59 Å². The number of fused-ring (bicyclic) bond motifs is 1. The highest BCUT2D eigenvalue weighted by atomic mass is 16.6. The zero-order valence-electron chi connectivity index (χ0n) is 13.5. The van der Waals surface area contributed by atoms with Gasteiger partial charge >= 0.3 is 6.09 Å². The summed E-state index contributed by atoms with van der Waals surface area (Å²) in [6, 6.07) is 0. The molecule has 8 heteroatoms. The fraction of sp³-hybridized carbons (Fsp3) is 0.625. The number of nitrogens with zero attached hydrogens (tertiary/aromatic N) is 3. The largest absolute Gasteiger partial charge is 0.439 e. The van der Waals surface area contributed by atoms with Crippen molar-refractivity contribution >= 4 is 17.9 Å². The maximum Gasteiger partial charge on any atom is 0.407 e. The molecule has 0 bridgehead atoms. The molecule has 2 aliphatic heterocycles. The van der Waals surface area contributed by atoms with E-state index in [0.29, 0.717) is 25.3 Å². The molecule has 3 N–H and O–H groups in total. The number of piperidine rings is 1. The molecule has 0 radical (unpaired) electrons. The highest BCUT2D eigenvalue weighted by molar-refractivity contribution is 5.94. The van der Waals surface area contributed by atoms with Gasteiger partial charge in [-0.3, -0.25) is 4.79 Å². The number of anilines is 1. The lowest BCUT2D eigenvalue weighted by molar-refractivity contribution is -0.00529. The Hall–Kier alpha value is -2.38. The molecule has 1 aromatic heterocycles. The van der Waals surface area contributed by atoms with Crippen LogP contribution in [0.5, 0.6) is 0 Å². The quantitative estimate of drug-likeness (QED) is 0.782. The Morgan fingerprint density at radius 3 is 2.88 bits per heavy atom. The van der Waals surface area contributed by atoms with Gasteiger partial charge in [-0.15, -0.1) is 0 Å². The molecule has 1 spiro atoms. The third kappa shape index (κ3) is 2.55. The fourth-order valence-corrected chi connectivity index (χ4v) is 3.94. The number of ether oxygens (including phenoxy) is 1. The van der Waals surface area contributed by atoms with Crippen LogP contribution in [0.3, 0.4) is 0 Å². The standard InChI is InChI=1S/C16H21N5O3/c17-14-19-11-5-2-1-4-10(11)12(20-14)13(22)21-7-3-6-16(9-21)8-18-15(23)24-16/h1-9H2,(H,18,23)(H2,17,19,20). The summed E-state index contributed by atoms with van der Waals surface area (Å²) < 4.78 is 5.44. The SMILES string of the molecule is Nc1nc2c(c(C(=O)N3CCCC4(CNC(=O)O4)C3)n1)CCCC2. The van der Waals surface area contributed by atoms with E-state index in [-0.39, 0.29) is 11.9 Å². The average Bonchev–Trinajstić information content (AvgIpc) is 2.93. The molecule has 1 aromatic rings. The normalized spacial score (nSPS) is 26.0. The highest BCUT2D eigenvalue weighted by Gasteiger charge is 2.45. The van der Waals surface area contributed by atoms with Crippen molar-refractivity contribution in [3.63, 3.8) is 0 Å². The predicted molar refractivity (Wildman–Crippen MR) is 85.4 cm³/mol. The van der Waals surface area contributed by atoms with E-state index in [0.717, 1.165) is 49.8 Å². The Kier molecular flexibility index (Phi) is 3.54. The molecule has 3 aliphatic rings. The number of aromatic nitrogens is 2. The van der Waals surface area contributed by atoms with Crippen molar-refractivity contribution in [3.05, 3.63) is 17.0 Å². The van der Waals surface area contributed by atoms with Crippen LogP contribution in [0.4, 0.5) is 10.7 Å². The average molecular weight is 331 g/mol. The van der Waals surface area contributed by atoms with Crippen LogP contribution in [0.15, 0.2) is 0 Å². The van der Waals surface area contributed by atoms with Gasteiger partial charge in [0.05, 0.1) is 13.1 Å². The van der Waals surface area contributed by atoms with Gasteiger partial charge in [-0.05, 0) is 38.5 Å². The summed E-state index contributed by atoms with van der Waals surface area (Å²) in [6.45, 7) is 1.47. The molecule has 0 aromatic carbocycles. The highest BCUT2D eigenvalue weighted by Crippen LogP contribution is 2.30. The molecule has 1 aliphatic carbocycles. The van der Waals surface area contributed by atoms with Crippen molar-refractivity contribution in [1.82, 2.24) is 20.2 Å². The van der Waals surface area contributed by atoms with Crippen LogP contribution in [0.1, 0.15) is 47.4 Å². The third-order valence-corrected chi connectivity index (χ3v) is 5.09. The van der Waals surface area contributed by atoms with Crippen molar-refractivity contribution < 1.29 is 14.3 Å². The van der Waals surface area contributed by atoms with Crippen molar-refractivity contribution in [2.75, 3.05) is 25.4 Å². The van der Waals surface area contributed by atoms with Crippen LogP contribution >= 0.6 is 0 Å². The number of nitrogens with two attached hydrogens (primary N) is 1. The fourth-order valence-electron chi connectivity index (χ4n) is 3.94. The summed E-state index contributed by atoms with van der Waals surface area (Å²) in [5.74, 6) is 0.0176. The van der Waals surface area contributed by atoms with Gasteiger partial charge in [0.15, 0.2) is 0 Å². The molecular weight excluding hydrogens is 310 g/mol. The Labute approximate surface area is 139 Å². The second kappa shape index (κ2) is 5.61. The number of alkyl carbamates (subject to hydrolysis) is 1. The molecule has 4 rings (SSSR count). The number of carbonyl (C=O) groups is 2. The van der Waals surface area contributed by atoms with E-state index in [1.54, 1.807) is 4.90 Å². The molecule has 2 amide bonds. The van der Waals surface area contributed by atoms with Crippen molar-refractivity contribution in [2.45, 2.75) is 44.1 Å². The van der Waals surface area contributed by atoms with Gasteiger partial charge in [-0.2, -0.15) is 0 Å². The van der Waals surface area contributed by atoms with Crippen LogP contribution in [0.2, 0.25) is 0 Å². The third-order valence-electron chi connectivity index (χ3n) is 5.09. The summed E-state index contributed by atoms with van der Waals surface area (Å²) in [5.41, 5.74) is 7.46. The zero-order chi connectivity index (χ0) is 16.7. The number of hydrogen-bond acceptors (Lipinski definition) is 6. The number of hydrogen-bond donors (Lipinski definition) is 2. The number of nitrogen functional groups attached to an aromatic ring is 1. The number of carbonyl (C=O) groups excluding carboxylic acids is 2. The molecule has 1 unspecified atom stereocenters.